The van der Waals surface area contributed by atoms with Crippen molar-refractivity contribution in [2.45, 2.75) is 0 Å². The summed E-state index contributed by atoms with van der Waals surface area (Å²) in [7, 11) is 0. The molecule has 0 unspecified atom stereocenters. The monoisotopic (exact) mass is 562 g/mol. The van der Waals surface area contributed by atoms with Crippen LogP contribution in [0.1, 0.15) is 0 Å². The maximum Gasteiger partial charge on any atom is 0 e. The van der Waals surface area contributed by atoms with E-state index in [1.807, 2.05) is 0 Å². The molecule has 0 rings (SSSR count). The van der Waals surface area contributed by atoms with Crippen molar-refractivity contribution in [2.75, 3.05) is 0 Å². The van der Waals surface area contributed by atoms with Gasteiger partial charge in [0.05, 0.1) is 0 Å². The van der Waals surface area contributed by atoms with Crippen LogP contribution in [0.25, 0.3) is 0 Å². The van der Waals surface area contributed by atoms with Crippen molar-refractivity contribution in [2.24, 2.45) is 0 Å². The Hall–Kier alpha value is -2.12. The Morgan fingerprint density at radius 3 is 0.400 bits per heavy atom. The Morgan fingerprint density at radius 2 is 0.400 bits per heavy atom. The molecule has 0 saturated heterocycles. The van der Waals surface area contributed by atoms with Gasteiger partial charge in [0.2, 0.25) is 0 Å². The molecule has 0 aromatic carbocycles. The molecule has 0 radical (unpaired) electrons. The Labute approximate surface area is 17.8 Å². The Balaban J connectivity index is 0. The Bertz CT molecular complexity index is 4.85. The number of hydrogen-bond donors (Lipinski definition) is 0. The summed E-state index contributed by atoms with van der Waals surface area (Å²) in [5.74, 6) is 0. The molecule has 0 bridgehead atoms. The average Bonchev–Trinajstić information content (AvgIpc) is 0. The minimum absolute atomic E-state index is 0. The summed E-state index contributed by atoms with van der Waals surface area (Å²) < 4.78 is 0. The molecule has 0 aliphatic heterocycles. The van der Waals surface area contributed by atoms with Crippen LogP contribution in [-0.4, -0.2) is 0 Å². The normalized spacial score (nSPS) is 0. The number of hydrogen-bond acceptors (Lipinski definition) is 0. The van der Waals surface area contributed by atoms with Crippen molar-refractivity contribution in [3.8, 4) is 0 Å². The van der Waals surface area contributed by atoms with E-state index >= 15 is 0 Å². The second kappa shape index (κ2) is 0.324. The first kappa shape index (κ1) is 2.26. The van der Waals surface area contributed by atoms with E-state index in [1.54, 1.807) is 0 Å². The van der Waals surface area contributed by atoms with Gasteiger partial charge in [-0.05, 0) is 0 Å². The topological polar surface area (TPSA) is 85.5 Å². The second-order valence-corrected chi connectivity index (χ2v) is 0. The summed E-state index contributed by atoms with van der Waals surface area (Å²) in [6, 6.07) is 0. The van der Waals surface area contributed by atoms with E-state index in [2.05, 4.69) is 0 Å². The summed E-state index contributed by atoms with van der Waals surface area (Å²) in [6.45, 7) is 0. The summed E-state index contributed by atoms with van der Waals surface area (Å²) in [4.78, 5) is 0. The first-order chi connectivity index (χ1) is 0. The van der Waals surface area contributed by atoms with E-state index in [-0.39, 0.29) is 16.4 Å². The van der Waals surface area contributed by atoms with Crippen LogP contribution in [0.4, 0.5) is 0 Å². The number of rotatable bonds is 0. The van der Waals surface area contributed by atoms with E-state index in [1.165, 1.54) is 0 Å². The van der Waals surface area contributed by atoms with Crippen LogP contribution in [0.3, 0.4) is 0 Å². The molecular weight excluding hydrogens is 562 g/mol. The third-order valence-corrected chi connectivity index (χ3v) is 0. The summed E-state index contributed by atoms with van der Waals surface area (Å²) in [6.07, 6.45) is 0. The predicted molar refractivity (Wildman–Crippen MR) is 2.06 cm³/mol. The maximum atomic E-state index is 0. The van der Waals surface area contributed by atoms with Crippen LogP contribution < -0.4 is 0 Å². The maximum absolute atomic E-state index is 0. The summed E-state index contributed by atoms with van der Waals surface area (Å²) in [5, 5.41) is 0. The van der Waals surface area contributed by atoms with Crippen LogP contribution in [0.5, 0.6) is 0 Å². The third-order valence-electron chi connectivity index (χ3n) is 0. The van der Waals surface area contributed by atoms with Crippen LogP contribution in [0.15, 0.2) is 0 Å². The van der Waals surface area contributed by atoms with Crippen molar-refractivity contribution in [3.05, 3.63) is 0 Å². The minimum atomic E-state index is 0. The summed E-state index contributed by atoms with van der Waals surface area (Å²) >= 11 is 0. The fourth-order valence-electron chi connectivity index (χ4n) is 0. The molecule has 0 atom stereocenters. The molecule has 0 heterocycles. The van der Waals surface area contributed by atoms with Gasteiger partial charge in [0, 0.05) is 0 Å². The zero-order valence-corrected chi connectivity index (χ0v) is 6.61. The fourth-order valence-corrected chi connectivity index (χ4v) is 0. The molecule has 0 amide bonds. The van der Waals surface area contributed by atoms with Crippen molar-refractivity contribution in [3.63, 3.8) is 0 Å². The SMILES string of the molecule is [Fm].[Fm].[O-2].[O-2].[O-2]. The zero-order chi connectivity index (χ0) is 0. The van der Waals surface area contributed by atoms with E-state index < -0.39 is 0 Å². The predicted octanol–water partition coefficient (Wildman–Crippen LogP) is -0.356. The molecule has 0 fully saturated rings. The van der Waals surface area contributed by atoms with Gasteiger partial charge in [-0.1, -0.05) is 0 Å². The van der Waals surface area contributed by atoms with Gasteiger partial charge < -0.3 is 16.4 Å². The molecule has 0 N–H and O–H groups in total. The molecule has 3 nitrogen and oxygen atoms in total. The van der Waals surface area contributed by atoms with Crippen LogP contribution >= 0.6 is 0 Å². The van der Waals surface area contributed by atoms with Crippen molar-refractivity contribution in [1.29, 1.82) is 0 Å². The van der Waals surface area contributed by atoms with Crippen LogP contribution in [0.2, 0.25) is 0 Å². The van der Waals surface area contributed by atoms with Gasteiger partial charge in [-0.25, -0.2) is 0 Å². The van der Waals surface area contributed by atoms with Crippen molar-refractivity contribution in [1.82, 2.24) is 0 Å². The Kier molecular flexibility index (Phi) is 0.147. The van der Waals surface area contributed by atoms with Crippen molar-refractivity contribution >= 4 is 0 Å². The van der Waals surface area contributed by atoms with Gasteiger partial charge >= 0.3 is 0 Å². The largest absolute Gasteiger partial charge is 2.00 e. The van der Waals surface area contributed by atoms with E-state index in [9.17, 15) is 0 Å². The van der Waals surface area contributed by atoms with E-state index in [4.69, 9.17) is 0 Å². The molecule has 0 spiro atoms. The van der Waals surface area contributed by atoms with Crippen LogP contribution in [-0.2, 0) is 16.4 Å². The van der Waals surface area contributed by atoms with E-state index in [0.717, 1.165) is 0 Å². The van der Waals surface area contributed by atoms with Gasteiger partial charge in [-0.2, -0.15) is 0 Å². The molecule has 0 aliphatic rings. The van der Waals surface area contributed by atoms with Gasteiger partial charge in [0.15, 0.2) is 0 Å². The first-order valence-corrected chi connectivity index (χ1v) is 0. The molecule has 0 aliphatic carbocycles. The molecule has 5 heteroatoms. The smallest absolute Gasteiger partial charge is 0 e. The van der Waals surface area contributed by atoms with Gasteiger partial charge in [0.1, 0.15) is 0 Å². The third kappa shape index (κ3) is 0.00602. The molecule has 0 aromatic heterocycles. The van der Waals surface area contributed by atoms with Gasteiger partial charge in [-0.3, -0.25) is 0 Å². The average molecular weight is 562 g/mol. The molecule has 5 heavy (non-hydrogen) atoms. The van der Waals surface area contributed by atoms with Gasteiger partial charge in [0.25, 0.3) is 0 Å². The molecular formula is Fm2O3-6. The standard InChI is InChI=1S/2Fm.3O/q;;3*-2. The first-order valence-electron chi connectivity index (χ1n) is 0. The van der Waals surface area contributed by atoms with Crippen LogP contribution in [0, 0.1) is 0 Å². The molecule has 0 saturated carbocycles. The van der Waals surface area contributed by atoms with E-state index in [0.29, 0.717) is 0 Å². The minimum Gasteiger partial charge on any atom is -2.00 e. The van der Waals surface area contributed by atoms with Crippen molar-refractivity contribution < 1.29 is 16.4 Å². The Morgan fingerprint density at radius 1 is 0.400 bits per heavy atom. The second-order valence-electron chi connectivity index (χ2n) is 0. The molecule has 0 aromatic rings. The quantitative estimate of drug-likeness (QED) is 0.387. The molecule has 48 valence electrons. The van der Waals surface area contributed by atoms with Gasteiger partial charge in [-0.15, -0.1) is 0 Å². The summed E-state index contributed by atoms with van der Waals surface area (Å²) in [5.41, 5.74) is 0. The fraction of sp³-hybridized carbons (Fsp3) is 0. The zero-order valence-electron chi connectivity index (χ0n) is 1.80.